The van der Waals surface area contributed by atoms with Crippen LogP contribution in [0.2, 0.25) is 20.1 Å². The van der Waals surface area contributed by atoms with Crippen LogP contribution in [-0.2, 0) is 74.1 Å². The molecule has 3 aromatic heterocycles. The van der Waals surface area contributed by atoms with Crippen LogP contribution in [0.4, 0.5) is 10.1 Å². The molecule has 9 aliphatic rings. The molecule has 8 fully saturated rings. The van der Waals surface area contributed by atoms with Crippen LogP contribution in [0.25, 0.3) is 22.1 Å². The number of aryl methyl sites for hydroxylation is 3. The molecule has 7 aliphatic heterocycles. The van der Waals surface area contributed by atoms with Gasteiger partial charge in [-0.05, 0) is 260 Å². The fraction of sp³-hybridized carbons (Fsp3) is 0.510. The number of unbranched alkanes of at least 4 members (excludes halogenated alkanes) is 2. The van der Waals surface area contributed by atoms with Crippen molar-refractivity contribution in [1.82, 2.24) is 59.2 Å². The third kappa shape index (κ3) is 18.8. The first-order valence-electron chi connectivity index (χ1n) is 48.5. The van der Waals surface area contributed by atoms with Crippen molar-refractivity contribution in [2.24, 2.45) is 37.3 Å². The van der Waals surface area contributed by atoms with Crippen LogP contribution in [0.1, 0.15) is 267 Å². The minimum absolute atomic E-state index is 0.0469. The number of oxazole rings is 1. The predicted molar refractivity (Wildman–Crippen MR) is 522 cm³/mol. The van der Waals surface area contributed by atoms with Crippen LogP contribution in [-0.4, -0.2) is 168 Å². The molecule has 33 heteroatoms. The summed E-state index contributed by atoms with van der Waals surface area (Å²) in [6.45, 7) is 13.1. The van der Waals surface area contributed by atoms with Gasteiger partial charge in [0.2, 0.25) is 47.2 Å². The number of imidazole rings is 2. The number of benzene rings is 6. The molecule has 2 saturated carbocycles. The molecule has 10 heterocycles. The van der Waals surface area contributed by atoms with E-state index in [9.17, 15) is 42.0 Å². The zero-order chi connectivity index (χ0) is 96.6. The minimum atomic E-state index is -3.79. The summed E-state index contributed by atoms with van der Waals surface area (Å²) < 4.78 is 65.2. The van der Waals surface area contributed by atoms with Crippen molar-refractivity contribution in [3.8, 4) is 11.8 Å². The number of rotatable bonds is 25. The molecule has 0 bridgehead atoms. The van der Waals surface area contributed by atoms with Crippen LogP contribution in [0.5, 0.6) is 0 Å². The highest BCUT2D eigenvalue weighted by Crippen LogP contribution is 2.67. The molecule has 8 amide bonds. The first-order valence-corrected chi connectivity index (χ1v) is 51.7. The highest BCUT2D eigenvalue weighted by atomic mass is 35.5. The number of carbonyl (C=O) groups is 8. The minimum Gasteiger partial charge on any atom is -0.446 e. The van der Waals surface area contributed by atoms with Gasteiger partial charge in [0.25, 0.3) is 5.91 Å². The largest absolute Gasteiger partial charge is 0.446 e. The topological polar surface area (TPSA) is 330 Å². The Hall–Kier alpha value is -10.3. The van der Waals surface area contributed by atoms with Gasteiger partial charge in [0, 0.05) is 121 Å². The lowest BCUT2D eigenvalue weighted by atomic mass is 9.54. The maximum absolute atomic E-state index is 17.5. The standard InChI is InChI=1S/C104H118Cl4FN13O14S/c1-59(2)86(58-137(133,134)60(3)4)122-93(66-21-24-68(105)25-22-66)74(54-102(5,99(122)130)55-89(125)110-70-27-17-64(18-28-70)56-118-45-39-61(40-46-118)15-16-63-20-32-81-85(51-63)117(7)101(132)121(81)83-34-36-88(124)114-95(83)127)67-23-29-72(77(108)52-67)65-37-43-103(44-38-65)104(75-30-26-69(106)53-78(75)112-98(104)129)90(73-13-11-14-76(107)91(73)109)92(115-103)96-111-79(57-136-96)97(128)119-47-41-71(42-48-119)135-49-10-8-9-12-62-19-31-80-84(50-62)116(6)100(131)120(80)82-33-35-87(123)113-94(82)126/h11,13-14,19-26,29-32,50-53,57,59-61,64-65,70-71,74,82-83,86,90,92-93,115H,8-10,12,17-18,27-28,33-49,54-56,58H2,1-7H3,(H,110,125)(H,112,129)(H,113,123,126)(H,114,124,127)/t64-,65?,70-,74-,82?,83?,86-,90+,92-,93-,102-,103?,104-/m1/s1. The van der Waals surface area contributed by atoms with Gasteiger partial charge in [-0.25, -0.2) is 27.4 Å². The van der Waals surface area contributed by atoms with Crippen LogP contribution in [0.3, 0.4) is 0 Å². The van der Waals surface area contributed by atoms with Crippen molar-refractivity contribution < 1.29 is 60.3 Å². The van der Waals surface area contributed by atoms with Gasteiger partial charge >= 0.3 is 11.4 Å². The Bertz CT molecular complexity index is 6560. The Morgan fingerprint density at radius 1 is 0.672 bits per heavy atom. The number of halogens is 5. The van der Waals surface area contributed by atoms with E-state index in [4.69, 9.17) is 60.5 Å². The van der Waals surface area contributed by atoms with Gasteiger partial charge in [-0.2, -0.15) is 0 Å². The lowest BCUT2D eigenvalue weighted by Gasteiger charge is -2.53. The Labute approximate surface area is 816 Å². The van der Waals surface area contributed by atoms with Gasteiger partial charge < -0.3 is 34.5 Å². The second-order valence-corrected chi connectivity index (χ2v) is 44.8. The number of anilines is 1. The molecule has 6 aromatic carbocycles. The average Bonchev–Trinajstić information content (AvgIpc) is 1.50. The number of fused-ring (bicyclic) bond motifs is 5. The van der Waals surface area contributed by atoms with Crippen LogP contribution in [0.15, 0.2) is 136 Å². The van der Waals surface area contributed by atoms with Gasteiger partial charge in [0.05, 0.1) is 61.7 Å². The lowest BCUT2D eigenvalue weighted by Crippen LogP contribution is -2.60. The van der Waals surface area contributed by atoms with Gasteiger partial charge in [-0.1, -0.05) is 134 Å². The summed E-state index contributed by atoms with van der Waals surface area (Å²) >= 11 is 28.0. The molecule has 18 rings (SSSR count). The molecule has 2 unspecified atom stereocenters. The number of piperidine rings is 5. The number of imide groups is 2. The Kier molecular flexibility index (Phi) is 27.9. The van der Waals surface area contributed by atoms with Crippen molar-refractivity contribution in [3.63, 3.8) is 0 Å². The lowest BCUT2D eigenvalue weighted by molar-refractivity contribution is -0.158. The van der Waals surface area contributed by atoms with Gasteiger partial charge in [-0.15, -0.1) is 0 Å². The number of hydrogen-bond acceptors (Lipinski definition) is 17. The van der Waals surface area contributed by atoms with Crippen molar-refractivity contribution in [2.75, 3.05) is 50.4 Å². The molecule has 6 saturated heterocycles. The summed E-state index contributed by atoms with van der Waals surface area (Å²) in [4.78, 5) is 149. The first-order chi connectivity index (χ1) is 65.6. The van der Waals surface area contributed by atoms with Gasteiger partial charge in [-0.3, -0.25) is 72.6 Å². The smallest absolute Gasteiger partial charge is 0.329 e. The van der Waals surface area contributed by atoms with Crippen molar-refractivity contribution in [2.45, 2.75) is 252 Å². The van der Waals surface area contributed by atoms with E-state index >= 15 is 18.8 Å². The first kappa shape index (κ1) is 97.0. The molecule has 5 N–H and O–H groups in total. The van der Waals surface area contributed by atoms with Crippen LogP contribution < -0.4 is 38.0 Å². The van der Waals surface area contributed by atoms with Gasteiger partial charge in [0.15, 0.2) is 15.5 Å². The van der Waals surface area contributed by atoms with Crippen molar-refractivity contribution in [3.05, 3.63) is 219 Å². The molecule has 724 valence electrons. The molecule has 9 atom stereocenters. The van der Waals surface area contributed by atoms with Crippen molar-refractivity contribution in [1.29, 1.82) is 0 Å². The summed E-state index contributed by atoms with van der Waals surface area (Å²) in [5.41, 5.74) is 3.34. The van der Waals surface area contributed by atoms with Gasteiger partial charge in [0.1, 0.15) is 29.6 Å². The second-order valence-electron chi connectivity index (χ2n) is 40.5. The highest BCUT2D eigenvalue weighted by Gasteiger charge is 2.73. The molecule has 27 nitrogen and oxygen atoms in total. The summed E-state index contributed by atoms with van der Waals surface area (Å²) in [6.07, 6.45) is 13.5. The molecule has 0 radical (unpaired) electrons. The summed E-state index contributed by atoms with van der Waals surface area (Å²) in [6, 6.07) is 30.5. The summed E-state index contributed by atoms with van der Waals surface area (Å²) in [5.74, 6) is 1.35. The zero-order valence-corrected chi connectivity index (χ0v) is 82.1. The molecular formula is C104H118Cl4FN13O14S. The van der Waals surface area contributed by atoms with Crippen LogP contribution in [0, 0.1) is 40.8 Å². The number of likely N-dealkylation sites (tertiary alicyclic amines) is 3. The van der Waals surface area contributed by atoms with Crippen molar-refractivity contribution >= 4 is 131 Å². The number of nitrogens with zero attached hydrogens (tertiary/aromatic N) is 8. The number of amides is 8. The number of nitrogens with one attached hydrogen (secondary N) is 5. The molecule has 2 spiro atoms. The maximum Gasteiger partial charge on any atom is 0.329 e. The third-order valence-corrected chi connectivity index (χ3v) is 34.7. The van der Waals surface area contributed by atoms with E-state index in [1.54, 1.807) is 78.7 Å². The Balaban J connectivity index is 0.547. The maximum atomic E-state index is 17.5. The average molecular weight is 1970 g/mol. The van der Waals surface area contributed by atoms with E-state index in [1.165, 1.54) is 26.0 Å². The highest BCUT2D eigenvalue weighted by molar-refractivity contribution is 7.92. The molecule has 2 aliphatic carbocycles. The molecule has 137 heavy (non-hydrogen) atoms. The quantitative estimate of drug-likeness (QED) is 0.0202. The Morgan fingerprint density at radius 3 is 1.97 bits per heavy atom. The SMILES string of the molecule is CC(C)[C@@H](CS(=O)(=O)C(C)C)N1C(=O)[C@@](C)(CC(=O)N[C@H]2CC[C@H](CN3CCC(C#Cc4ccc5c(c4)n(C)c(=O)n5C4CCC(=O)NC4=O)CC3)CC2)C[C@H](c2ccc(C3CCC4(CC3)N[C@@H](c3nc(C(=O)N5CCC(OCCCCCc6ccc7c(c6)n(C)c(=O)n7C6CCC(=O)NC6=O)CC5)co3)[C@H](c3cccc(Cl)c3F)[C@]43C(=O)Nc4cc(Cl)ccc43)c(Cl)c2)[C@H]1c1ccc(Cl)cc1. The second kappa shape index (κ2) is 39.4. The Morgan fingerprint density at radius 2 is 1.32 bits per heavy atom. The summed E-state index contributed by atoms with van der Waals surface area (Å²) in [5, 5.41) is 15.6. The number of hydrogen-bond donors (Lipinski definition) is 5. The fourth-order valence-electron chi connectivity index (χ4n) is 23.9. The van der Waals surface area contributed by atoms with E-state index in [-0.39, 0.29) is 137 Å². The van der Waals surface area contributed by atoms with E-state index in [0.29, 0.717) is 107 Å². The van der Waals surface area contributed by atoms with E-state index in [1.807, 2.05) is 93.6 Å². The van der Waals surface area contributed by atoms with E-state index in [2.05, 4.69) is 43.3 Å². The monoisotopic (exact) mass is 1960 g/mol. The molecule has 9 aromatic rings. The number of aromatic nitrogens is 5. The van der Waals surface area contributed by atoms with Crippen LogP contribution >= 0.6 is 46.4 Å². The third-order valence-electron chi connectivity index (χ3n) is 31.4. The normalized spacial score (nSPS) is 26.1. The fourth-order valence-corrected chi connectivity index (χ4v) is 26.2. The number of carbonyl (C=O) groups excluding carboxylic acids is 8. The number of sulfone groups is 1. The molecular weight excluding hydrogens is 1850 g/mol. The zero-order valence-electron chi connectivity index (χ0n) is 78.2. The van der Waals surface area contributed by atoms with E-state index in [0.717, 1.165) is 117 Å². The van der Waals surface area contributed by atoms with E-state index < -0.39 is 97.0 Å². The number of ether oxygens (including phenoxy) is 1. The summed E-state index contributed by atoms with van der Waals surface area (Å²) in [7, 11) is -0.427. The predicted octanol–water partition coefficient (Wildman–Crippen LogP) is 15.9.